The molecule has 0 rings (SSSR count). The van der Waals surface area contributed by atoms with E-state index in [0.717, 1.165) is 6.42 Å². The molecule has 0 aromatic carbocycles. The van der Waals surface area contributed by atoms with Gasteiger partial charge in [0.05, 0.1) is 5.88 Å². The lowest BCUT2D eigenvalue weighted by Crippen LogP contribution is -2.10. The second-order valence-electron chi connectivity index (χ2n) is 1.67. The molecule has 0 fully saturated rings. The van der Waals surface area contributed by atoms with Crippen LogP contribution in [0.1, 0.15) is 13.3 Å². The quantitative estimate of drug-likeness (QED) is 0.330. The first-order valence-corrected chi connectivity index (χ1v) is 3.48. The second-order valence-corrected chi connectivity index (χ2v) is 1.98. The lowest BCUT2D eigenvalue weighted by atomic mass is 10.3. The van der Waals surface area contributed by atoms with Gasteiger partial charge in [-0.25, -0.2) is 0 Å². The first-order chi connectivity index (χ1) is 4.35. The van der Waals surface area contributed by atoms with Crippen molar-refractivity contribution in [3.63, 3.8) is 0 Å². The summed E-state index contributed by atoms with van der Waals surface area (Å²) in [6, 6.07) is 0. The molecule has 1 atom stereocenters. The van der Waals surface area contributed by atoms with Gasteiger partial charge < -0.3 is 0 Å². The van der Waals surface area contributed by atoms with E-state index in [1.54, 1.807) is 12.7 Å². The lowest BCUT2D eigenvalue weighted by molar-refractivity contribution is 0.130. The van der Waals surface area contributed by atoms with E-state index in [-0.39, 0.29) is 6.10 Å². The largest absolute Gasteiger partial charge is 0.224 e. The molecule has 0 aliphatic carbocycles. The van der Waals surface area contributed by atoms with Crippen LogP contribution < -0.4 is 0 Å². The minimum Gasteiger partial charge on any atom is -0.192 e. The van der Waals surface area contributed by atoms with E-state index < -0.39 is 0 Å². The summed E-state index contributed by atoms with van der Waals surface area (Å²) in [6.07, 6.45) is 2.72. The number of alkyl halides is 1. The molecule has 0 aliphatic heterocycles. The van der Waals surface area contributed by atoms with E-state index in [1.165, 1.54) is 0 Å². The van der Waals surface area contributed by atoms with Crippen LogP contribution in [0.3, 0.4) is 0 Å². The Kier molecular flexibility index (Phi) is 5.89. The van der Waals surface area contributed by atoms with E-state index in [4.69, 9.17) is 16.3 Å². The normalized spacial score (nSPS) is 12.7. The van der Waals surface area contributed by atoms with Crippen molar-refractivity contribution in [2.24, 2.45) is 0 Å². The van der Waals surface area contributed by atoms with Crippen LogP contribution in [0.15, 0.2) is 12.7 Å². The van der Waals surface area contributed by atoms with Crippen LogP contribution >= 0.6 is 11.6 Å². The minimum atomic E-state index is 0.106. The molecule has 52 valence electrons. The smallest absolute Gasteiger partial charge is 0.192 e. The Bertz CT molecular complexity index is 73.3. The third-order valence-corrected chi connectivity index (χ3v) is 1.27. The zero-order chi connectivity index (χ0) is 7.11. The Morgan fingerprint density at radius 1 is 1.89 bits per heavy atom. The van der Waals surface area contributed by atoms with E-state index in [0.29, 0.717) is 5.88 Å². The highest BCUT2D eigenvalue weighted by atomic mass is 35.5. The van der Waals surface area contributed by atoms with Gasteiger partial charge in [-0.2, -0.15) is 4.74 Å². The fourth-order valence-corrected chi connectivity index (χ4v) is 0.732. The van der Waals surface area contributed by atoms with Crippen molar-refractivity contribution < 1.29 is 4.74 Å². The highest BCUT2D eigenvalue weighted by molar-refractivity contribution is 6.18. The molecule has 0 N–H and O–H groups in total. The lowest BCUT2D eigenvalue weighted by Gasteiger charge is -2.02. The molecule has 0 heterocycles. The number of rotatable bonds is 5. The van der Waals surface area contributed by atoms with E-state index in [1.807, 2.05) is 6.92 Å². The third-order valence-electron chi connectivity index (χ3n) is 0.930. The minimum absolute atomic E-state index is 0.106. The molecule has 9 heavy (non-hydrogen) atoms. The van der Waals surface area contributed by atoms with Crippen molar-refractivity contribution in [2.75, 3.05) is 5.88 Å². The first kappa shape index (κ1) is 8.86. The summed E-state index contributed by atoms with van der Waals surface area (Å²) in [5.41, 5.74) is 0. The molecule has 0 unspecified atom stereocenters. The molecule has 1 nitrogen and oxygen atoms in total. The monoisotopic (exact) mass is 147 g/mol. The summed E-state index contributed by atoms with van der Waals surface area (Å²) in [5, 5.41) is 0. The highest BCUT2D eigenvalue weighted by Crippen LogP contribution is 2.02. The number of ether oxygens (including phenoxy) is 1. The summed E-state index contributed by atoms with van der Waals surface area (Å²) >= 11 is 5.53. The first-order valence-electron chi connectivity index (χ1n) is 2.95. The predicted molar refractivity (Wildman–Crippen MR) is 40.4 cm³/mol. The van der Waals surface area contributed by atoms with Crippen molar-refractivity contribution in [3.05, 3.63) is 19.3 Å². The van der Waals surface area contributed by atoms with Gasteiger partial charge in [-0.15, -0.1) is 18.2 Å². The van der Waals surface area contributed by atoms with E-state index >= 15 is 0 Å². The summed E-state index contributed by atoms with van der Waals surface area (Å²) in [7, 11) is 0. The average Bonchev–Trinajstić information content (AvgIpc) is 1.88. The molecular weight excluding hydrogens is 136 g/mol. The Balaban J connectivity index is 3.28. The van der Waals surface area contributed by atoms with Crippen molar-refractivity contribution in [2.45, 2.75) is 19.4 Å². The van der Waals surface area contributed by atoms with E-state index in [2.05, 4.69) is 6.58 Å². The molecule has 0 aromatic heterocycles. The van der Waals surface area contributed by atoms with Crippen molar-refractivity contribution in [1.82, 2.24) is 0 Å². The van der Waals surface area contributed by atoms with Crippen LogP contribution in [0.5, 0.6) is 0 Å². The number of hydrogen-bond acceptors (Lipinski definition) is 1. The SMILES string of the molecule is C=CC[C@H](CCl)O[CH+]C. The molecule has 0 aliphatic rings. The van der Waals surface area contributed by atoms with Crippen molar-refractivity contribution in [3.8, 4) is 0 Å². The maximum absolute atomic E-state index is 5.53. The van der Waals surface area contributed by atoms with Crippen LogP contribution in [-0.4, -0.2) is 12.0 Å². The number of hydrogen-bond donors (Lipinski definition) is 0. The van der Waals surface area contributed by atoms with Crippen molar-refractivity contribution >= 4 is 11.6 Å². The molecule has 0 bridgehead atoms. The Labute approximate surface area is 61.7 Å². The van der Waals surface area contributed by atoms with Gasteiger partial charge in [0, 0.05) is 0 Å². The van der Waals surface area contributed by atoms with Gasteiger partial charge in [-0.3, -0.25) is 0 Å². The Morgan fingerprint density at radius 3 is 2.89 bits per heavy atom. The maximum Gasteiger partial charge on any atom is 0.224 e. The fraction of sp³-hybridized carbons (Fsp3) is 0.571. The number of halogens is 1. The summed E-state index contributed by atoms with van der Waals surface area (Å²) in [4.78, 5) is 0. The van der Waals surface area contributed by atoms with Gasteiger partial charge in [0.2, 0.25) is 6.61 Å². The summed E-state index contributed by atoms with van der Waals surface area (Å²) < 4.78 is 5.10. The highest BCUT2D eigenvalue weighted by Gasteiger charge is 2.07. The van der Waals surface area contributed by atoms with Crippen LogP contribution in [0.2, 0.25) is 0 Å². The van der Waals surface area contributed by atoms with Crippen LogP contribution in [0, 0.1) is 6.61 Å². The van der Waals surface area contributed by atoms with Gasteiger partial charge in [0.15, 0.2) is 0 Å². The van der Waals surface area contributed by atoms with Crippen LogP contribution in [0.4, 0.5) is 0 Å². The standard InChI is InChI=1S/C7H12ClO/c1-3-5-7(6-8)9-4-2/h3-4,7H,1,5-6H2,2H3/q+1/t7-/m1/s1. The molecule has 0 aromatic rings. The summed E-state index contributed by atoms with van der Waals surface area (Å²) in [6.45, 7) is 7.06. The Hall–Kier alpha value is -0.140. The predicted octanol–water partition coefficient (Wildman–Crippen LogP) is 2.37. The van der Waals surface area contributed by atoms with Gasteiger partial charge in [-0.1, -0.05) is 6.08 Å². The fourth-order valence-electron chi connectivity index (χ4n) is 0.533. The zero-order valence-corrected chi connectivity index (χ0v) is 6.40. The van der Waals surface area contributed by atoms with Gasteiger partial charge in [0.25, 0.3) is 0 Å². The van der Waals surface area contributed by atoms with Gasteiger partial charge in [0.1, 0.15) is 13.0 Å². The average molecular weight is 148 g/mol. The molecule has 0 amide bonds. The van der Waals surface area contributed by atoms with Crippen molar-refractivity contribution in [1.29, 1.82) is 0 Å². The third kappa shape index (κ3) is 4.37. The second kappa shape index (κ2) is 5.99. The zero-order valence-electron chi connectivity index (χ0n) is 5.64. The molecule has 0 saturated carbocycles. The van der Waals surface area contributed by atoms with Crippen LogP contribution in [0.25, 0.3) is 0 Å². The van der Waals surface area contributed by atoms with E-state index in [9.17, 15) is 0 Å². The van der Waals surface area contributed by atoms with Crippen LogP contribution in [-0.2, 0) is 4.74 Å². The molecule has 0 saturated heterocycles. The molecular formula is C7H12ClO+. The Morgan fingerprint density at radius 2 is 2.56 bits per heavy atom. The molecule has 2 heteroatoms. The topological polar surface area (TPSA) is 9.23 Å². The summed E-state index contributed by atoms with van der Waals surface area (Å²) in [5.74, 6) is 0.524. The molecule has 0 radical (unpaired) electrons. The van der Waals surface area contributed by atoms with Gasteiger partial charge in [-0.05, 0) is 6.42 Å². The van der Waals surface area contributed by atoms with Gasteiger partial charge >= 0.3 is 0 Å². The molecule has 0 spiro atoms. The maximum atomic E-state index is 5.53.